The van der Waals surface area contributed by atoms with Crippen molar-refractivity contribution < 1.29 is 9.59 Å². The number of thioether (sulfide) groups is 1. The van der Waals surface area contributed by atoms with E-state index in [1.165, 1.54) is 6.20 Å². The molecule has 0 N–H and O–H groups in total. The van der Waals surface area contributed by atoms with E-state index in [0.717, 1.165) is 16.7 Å². The van der Waals surface area contributed by atoms with Gasteiger partial charge in [-0.25, -0.2) is 4.90 Å². The van der Waals surface area contributed by atoms with E-state index in [0.29, 0.717) is 0 Å². The van der Waals surface area contributed by atoms with E-state index in [4.69, 9.17) is 0 Å². The van der Waals surface area contributed by atoms with Gasteiger partial charge in [0.05, 0.1) is 5.75 Å². The molecule has 0 aromatic heterocycles. The summed E-state index contributed by atoms with van der Waals surface area (Å²) < 4.78 is 0. The molecule has 3 nitrogen and oxygen atoms in total. The maximum Gasteiger partial charge on any atom is 0.292 e. The highest BCUT2D eigenvalue weighted by Gasteiger charge is 2.26. The quantitative estimate of drug-likeness (QED) is 0.545. The second kappa shape index (κ2) is 2.23. The van der Waals surface area contributed by atoms with Crippen LogP contribution in [0.4, 0.5) is 4.79 Å². The molecule has 1 heterocycles. The molecule has 0 radical (unpaired) electrons. The highest BCUT2D eigenvalue weighted by atomic mass is 32.2. The van der Waals surface area contributed by atoms with Crippen LogP contribution in [0.25, 0.3) is 0 Å². The smallest absolute Gasteiger partial charge is 0.273 e. The van der Waals surface area contributed by atoms with E-state index in [1.54, 1.807) is 0 Å². The molecule has 2 amide bonds. The Hall–Kier alpha value is -0.770. The van der Waals surface area contributed by atoms with Crippen molar-refractivity contribution in [2.45, 2.75) is 0 Å². The molecule has 0 aromatic carbocycles. The zero-order valence-corrected chi connectivity index (χ0v) is 5.48. The third kappa shape index (κ3) is 0.977. The van der Waals surface area contributed by atoms with Gasteiger partial charge in [-0.15, -0.1) is 0 Å². The minimum absolute atomic E-state index is 0.181. The Balaban J connectivity index is 2.77. The van der Waals surface area contributed by atoms with Gasteiger partial charge in [0.2, 0.25) is 5.91 Å². The average molecular weight is 143 g/mol. The number of amides is 2. The molecular formula is C5H5NO2S. The molecule has 0 unspecified atom stereocenters. The van der Waals surface area contributed by atoms with Crippen molar-refractivity contribution in [1.29, 1.82) is 0 Å². The predicted molar refractivity (Wildman–Crippen MR) is 34.9 cm³/mol. The third-order valence-electron chi connectivity index (χ3n) is 0.967. The summed E-state index contributed by atoms with van der Waals surface area (Å²) in [6.07, 6.45) is 1.24. The topological polar surface area (TPSA) is 37.4 Å². The Morgan fingerprint density at radius 2 is 2.33 bits per heavy atom. The van der Waals surface area contributed by atoms with E-state index in [2.05, 4.69) is 6.58 Å². The van der Waals surface area contributed by atoms with Crippen molar-refractivity contribution in [3.05, 3.63) is 12.8 Å². The van der Waals surface area contributed by atoms with Crippen molar-refractivity contribution in [1.82, 2.24) is 4.90 Å². The van der Waals surface area contributed by atoms with Crippen LogP contribution in [-0.4, -0.2) is 21.8 Å². The molecule has 1 saturated heterocycles. The van der Waals surface area contributed by atoms with Gasteiger partial charge in [0, 0.05) is 6.20 Å². The summed E-state index contributed by atoms with van der Waals surface area (Å²) >= 11 is 1.00. The molecule has 1 aliphatic rings. The molecule has 48 valence electrons. The molecule has 0 atom stereocenters. The highest BCUT2D eigenvalue weighted by molar-refractivity contribution is 8.14. The summed E-state index contributed by atoms with van der Waals surface area (Å²) in [5, 5.41) is -0.227. The first kappa shape index (κ1) is 6.35. The summed E-state index contributed by atoms with van der Waals surface area (Å²) in [5.74, 6) is 0.0743. The molecule has 4 heteroatoms. The first-order valence-corrected chi connectivity index (χ1v) is 3.35. The van der Waals surface area contributed by atoms with Crippen molar-refractivity contribution in [2.24, 2.45) is 0 Å². The van der Waals surface area contributed by atoms with Crippen molar-refractivity contribution in [2.75, 3.05) is 5.75 Å². The van der Waals surface area contributed by atoms with Gasteiger partial charge in [0.1, 0.15) is 0 Å². The number of hydrogen-bond acceptors (Lipinski definition) is 3. The Morgan fingerprint density at radius 1 is 1.67 bits per heavy atom. The Morgan fingerprint density at radius 3 is 2.56 bits per heavy atom. The zero-order chi connectivity index (χ0) is 6.85. The van der Waals surface area contributed by atoms with Crippen LogP contribution in [0.2, 0.25) is 0 Å². The minimum Gasteiger partial charge on any atom is -0.273 e. The second-order valence-electron chi connectivity index (χ2n) is 1.50. The lowest BCUT2D eigenvalue weighted by Gasteiger charge is -2.01. The van der Waals surface area contributed by atoms with Crippen LogP contribution < -0.4 is 0 Å². The van der Waals surface area contributed by atoms with E-state index in [1.807, 2.05) is 0 Å². The van der Waals surface area contributed by atoms with E-state index >= 15 is 0 Å². The lowest BCUT2D eigenvalue weighted by atomic mass is 10.6. The van der Waals surface area contributed by atoms with Gasteiger partial charge in [-0.05, 0) is 0 Å². The molecule has 0 spiro atoms. The largest absolute Gasteiger partial charge is 0.292 e. The van der Waals surface area contributed by atoms with Gasteiger partial charge >= 0.3 is 0 Å². The number of hydrogen-bond donors (Lipinski definition) is 0. The Labute approximate surface area is 56.7 Å². The molecule has 1 fully saturated rings. The normalized spacial score (nSPS) is 18.9. The molecule has 0 aliphatic carbocycles. The van der Waals surface area contributed by atoms with Crippen LogP contribution in [-0.2, 0) is 4.79 Å². The summed E-state index contributed by atoms with van der Waals surface area (Å²) in [6, 6.07) is 0. The zero-order valence-electron chi connectivity index (χ0n) is 4.66. The summed E-state index contributed by atoms with van der Waals surface area (Å²) in [5.41, 5.74) is 0. The summed E-state index contributed by atoms with van der Waals surface area (Å²) in [7, 11) is 0. The van der Waals surface area contributed by atoms with Crippen molar-refractivity contribution in [3.63, 3.8) is 0 Å². The fourth-order valence-corrected chi connectivity index (χ4v) is 1.24. The Kier molecular flexibility index (Phi) is 1.57. The first-order chi connectivity index (χ1) is 4.25. The third-order valence-corrected chi connectivity index (χ3v) is 1.80. The van der Waals surface area contributed by atoms with Crippen molar-refractivity contribution >= 4 is 22.9 Å². The summed E-state index contributed by atoms with van der Waals surface area (Å²) in [6.45, 7) is 3.31. The first-order valence-electron chi connectivity index (χ1n) is 2.37. The van der Waals surface area contributed by atoms with Crippen LogP contribution in [0.5, 0.6) is 0 Å². The Bertz CT molecular complexity index is 162. The number of nitrogens with zero attached hydrogens (tertiary/aromatic N) is 1. The predicted octanol–water partition coefficient (Wildman–Crippen LogP) is 0.825. The standard InChI is InChI=1S/C5H5NO2S/c1-2-6-4(7)3-9-5(6)8/h2H,1,3H2. The van der Waals surface area contributed by atoms with E-state index in [-0.39, 0.29) is 16.9 Å². The molecule has 9 heavy (non-hydrogen) atoms. The summed E-state index contributed by atoms with van der Waals surface area (Å²) in [4.78, 5) is 22.3. The molecule has 0 saturated carbocycles. The fraction of sp³-hybridized carbons (Fsp3) is 0.200. The van der Waals surface area contributed by atoms with Crippen LogP contribution in [0.15, 0.2) is 12.8 Å². The molecular weight excluding hydrogens is 138 g/mol. The SMILES string of the molecule is C=CN1C(=O)CSC1=O. The van der Waals surface area contributed by atoms with Gasteiger partial charge in [-0.2, -0.15) is 0 Å². The number of rotatable bonds is 1. The van der Waals surface area contributed by atoms with Crippen LogP contribution >= 0.6 is 11.8 Å². The van der Waals surface area contributed by atoms with Crippen LogP contribution in [0.1, 0.15) is 0 Å². The fourth-order valence-electron chi connectivity index (χ4n) is 0.541. The highest BCUT2D eigenvalue weighted by Crippen LogP contribution is 2.17. The average Bonchev–Trinajstić information content (AvgIpc) is 2.12. The maximum absolute atomic E-state index is 10.6. The van der Waals surface area contributed by atoms with Gasteiger partial charge in [0.15, 0.2) is 0 Å². The monoisotopic (exact) mass is 143 g/mol. The minimum atomic E-state index is -0.227. The molecule has 0 bridgehead atoms. The van der Waals surface area contributed by atoms with Gasteiger partial charge < -0.3 is 0 Å². The number of carbonyl (C=O) groups excluding carboxylic acids is 2. The molecule has 1 rings (SSSR count). The van der Waals surface area contributed by atoms with Crippen LogP contribution in [0, 0.1) is 0 Å². The number of imide groups is 1. The van der Waals surface area contributed by atoms with Crippen molar-refractivity contribution in [3.8, 4) is 0 Å². The molecule has 1 aliphatic heterocycles. The lowest BCUT2D eigenvalue weighted by Crippen LogP contribution is -2.21. The van der Waals surface area contributed by atoms with Gasteiger partial charge in [0.25, 0.3) is 5.24 Å². The van der Waals surface area contributed by atoms with Crippen LogP contribution in [0.3, 0.4) is 0 Å². The number of carbonyl (C=O) groups is 2. The molecule has 0 aromatic rings. The van der Waals surface area contributed by atoms with Gasteiger partial charge in [-0.3, -0.25) is 9.59 Å². The van der Waals surface area contributed by atoms with E-state index < -0.39 is 0 Å². The van der Waals surface area contributed by atoms with E-state index in [9.17, 15) is 9.59 Å². The maximum atomic E-state index is 10.6. The van der Waals surface area contributed by atoms with Gasteiger partial charge in [-0.1, -0.05) is 18.3 Å². The second-order valence-corrected chi connectivity index (χ2v) is 2.43. The lowest BCUT2D eigenvalue weighted by molar-refractivity contribution is -0.122.